The molecule has 1 amide bonds. The Morgan fingerprint density at radius 1 is 1.13 bits per heavy atom. The summed E-state index contributed by atoms with van der Waals surface area (Å²) in [5.41, 5.74) is 1.02. The van der Waals surface area contributed by atoms with Gasteiger partial charge in [0.15, 0.2) is 11.4 Å². The van der Waals surface area contributed by atoms with Gasteiger partial charge in [-0.25, -0.2) is 0 Å². The van der Waals surface area contributed by atoms with Gasteiger partial charge in [0.2, 0.25) is 0 Å². The maximum absolute atomic E-state index is 12.5. The molecule has 0 bridgehead atoms. The molecule has 0 fully saturated rings. The van der Waals surface area contributed by atoms with Crippen molar-refractivity contribution in [1.82, 2.24) is 4.57 Å². The molecule has 3 aromatic carbocycles. The number of carbonyl (C=O) groups is 1. The van der Waals surface area contributed by atoms with Crippen molar-refractivity contribution in [3.8, 4) is 5.75 Å². The topological polar surface area (TPSA) is 52.8 Å². The summed E-state index contributed by atoms with van der Waals surface area (Å²) in [4.78, 5) is 17.4. The van der Waals surface area contributed by atoms with Crippen molar-refractivity contribution in [2.75, 3.05) is 20.3 Å². The zero-order chi connectivity index (χ0) is 21.1. The van der Waals surface area contributed by atoms with Gasteiger partial charge in [-0.15, -0.1) is 0 Å². The summed E-state index contributed by atoms with van der Waals surface area (Å²) in [6.45, 7) is 0.877. The molecule has 8 heteroatoms. The molecule has 0 aliphatic carbocycles. The van der Waals surface area contributed by atoms with E-state index in [2.05, 4.69) is 29.3 Å². The van der Waals surface area contributed by atoms with Crippen LogP contribution in [0.15, 0.2) is 59.6 Å². The first-order valence-corrected chi connectivity index (χ1v) is 10.8. The highest BCUT2D eigenvalue weighted by Gasteiger charge is 2.12. The van der Waals surface area contributed by atoms with Crippen LogP contribution in [-0.4, -0.2) is 30.8 Å². The number of halogens is 2. The molecule has 1 aromatic heterocycles. The number of benzene rings is 3. The molecule has 0 unspecified atom stereocenters. The third-order valence-electron chi connectivity index (χ3n) is 4.56. The van der Waals surface area contributed by atoms with E-state index in [-0.39, 0.29) is 6.61 Å². The predicted octanol–water partition coefficient (Wildman–Crippen LogP) is 5.32. The van der Waals surface area contributed by atoms with Crippen LogP contribution in [0.3, 0.4) is 0 Å². The number of carbonyl (C=O) groups excluding carboxylic acids is 1. The summed E-state index contributed by atoms with van der Waals surface area (Å²) in [6.07, 6.45) is 0. The lowest BCUT2D eigenvalue weighted by Crippen LogP contribution is -2.21. The number of aromatic nitrogens is 1. The second-order valence-electron chi connectivity index (χ2n) is 6.53. The Morgan fingerprint density at radius 3 is 2.77 bits per heavy atom. The molecule has 0 radical (unpaired) electrons. The van der Waals surface area contributed by atoms with Crippen LogP contribution in [-0.2, 0) is 16.1 Å². The fraction of sp³-hybridized carbons (Fsp3) is 0.182. The van der Waals surface area contributed by atoms with E-state index in [4.69, 9.17) is 32.7 Å². The smallest absolute Gasteiger partial charge is 0.286 e. The molecule has 0 saturated carbocycles. The molecular weight excluding hydrogens is 443 g/mol. The summed E-state index contributed by atoms with van der Waals surface area (Å²) in [5.74, 6) is -0.0118. The lowest BCUT2D eigenvalue weighted by Gasteiger charge is -2.06. The summed E-state index contributed by atoms with van der Waals surface area (Å²) >= 11 is 13.5. The van der Waals surface area contributed by atoms with E-state index < -0.39 is 5.91 Å². The number of amides is 1. The number of methoxy groups -OCH3 is 1. The van der Waals surface area contributed by atoms with Crippen LogP contribution in [0.1, 0.15) is 0 Å². The zero-order valence-corrected chi connectivity index (χ0v) is 18.4. The average Bonchev–Trinajstić information content (AvgIpc) is 3.09. The summed E-state index contributed by atoms with van der Waals surface area (Å²) < 4.78 is 13.9. The van der Waals surface area contributed by atoms with Crippen molar-refractivity contribution in [1.29, 1.82) is 0 Å². The molecule has 4 aromatic rings. The Labute approximate surface area is 187 Å². The monoisotopic (exact) mass is 460 g/mol. The highest BCUT2D eigenvalue weighted by molar-refractivity contribution is 7.17. The molecular formula is C22H18Cl2N2O3S. The van der Waals surface area contributed by atoms with Gasteiger partial charge in [0.25, 0.3) is 5.91 Å². The fourth-order valence-corrected chi connectivity index (χ4v) is 4.82. The van der Waals surface area contributed by atoms with E-state index in [1.165, 1.54) is 11.3 Å². The predicted molar refractivity (Wildman–Crippen MR) is 122 cm³/mol. The van der Waals surface area contributed by atoms with Gasteiger partial charge in [0.05, 0.1) is 21.8 Å². The lowest BCUT2D eigenvalue weighted by molar-refractivity contribution is -0.120. The third kappa shape index (κ3) is 4.37. The van der Waals surface area contributed by atoms with Crippen LogP contribution in [0.5, 0.6) is 5.75 Å². The molecule has 30 heavy (non-hydrogen) atoms. The number of hydrogen-bond acceptors (Lipinski definition) is 4. The molecule has 4 rings (SSSR count). The van der Waals surface area contributed by atoms with Crippen LogP contribution in [0.2, 0.25) is 10.0 Å². The van der Waals surface area contributed by atoms with E-state index in [0.29, 0.717) is 33.7 Å². The van der Waals surface area contributed by atoms with Crippen molar-refractivity contribution < 1.29 is 14.3 Å². The van der Waals surface area contributed by atoms with Crippen molar-refractivity contribution in [3.63, 3.8) is 0 Å². The second-order valence-corrected chi connectivity index (χ2v) is 8.35. The molecule has 5 nitrogen and oxygen atoms in total. The highest BCUT2D eigenvalue weighted by atomic mass is 35.5. The lowest BCUT2D eigenvalue weighted by atomic mass is 10.1. The quantitative estimate of drug-likeness (QED) is 0.391. The molecule has 0 saturated heterocycles. The minimum Gasteiger partial charge on any atom is -0.482 e. The maximum atomic E-state index is 12.5. The highest BCUT2D eigenvalue weighted by Crippen LogP contribution is 2.28. The molecule has 0 N–H and O–H groups in total. The van der Waals surface area contributed by atoms with Crippen LogP contribution in [0, 0.1) is 0 Å². The Bertz CT molecular complexity index is 1300. The first-order chi connectivity index (χ1) is 14.6. The van der Waals surface area contributed by atoms with Gasteiger partial charge in [-0.3, -0.25) is 4.79 Å². The van der Waals surface area contributed by atoms with E-state index >= 15 is 0 Å². The molecule has 0 aliphatic rings. The minimum atomic E-state index is -0.400. The van der Waals surface area contributed by atoms with E-state index in [1.54, 1.807) is 25.3 Å². The van der Waals surface area contributed by atoms with Crippen molar-refractivity contribution in [3.05, 3.63) is 69.4 Å². The fourth-order valence-electron chi connectivity index (χ4n) is 3.15. The molecule has 1 heterocycles. The van der Waals surface area contributed by atoms with Gasteiger partial charge in [-0.1, -0.05) is 64.9 Å². The Morgan fingerprint density at radius 2 is 1.97 bits per heavy atom. The Hall–Kier alpha value is -2.38. The van der Waals surface area contributed by atoms with Crippen molar-refractivity contribution >= 4 is 61.4 Å². The maximum Gasteiger partial charge on any atom is 0.286 e. The number of rotatable bonds is 6. The molecule has 0 atom stereocenters. The SMILES string of the molecule is COCCn1c(=NC(=O)COc2ccc(Cl)cc2Cl)sc2c3ccccc3ccc21. The number of nitrogens with zero attached hydrogens (tertiary/aromatic N) is 2. The van der Waals surface area contributed by atoms with Gasteiger partial charge >= 0.3 is 0 Å². The number of hydrogen-bond donors (Lipinski definition) is 0. The van der Waals surface area contributed by atoms with Gasteiger partial charge in [0, 0.05) is 24.1 Å². The van der Waals surface area contributed by atoms with Gasteiger partial charge in [-0.05, 0) is 29.7 Å². The van der Waals surface area contributed by atoms with Crippen LogP contribution >= 0.6 is 34.5 Å². The average molecular weight is 461 g/mol. The number of fused-ring (bicyclic) bond motifs is 3. The molecule has 0 spiro atoms. The zero-order valence-electron chi connectivity index (χ0n) is 16.1. The van der Waals surface area contributed by atoms with Crippen LogP contribution in [0.25, 0.3) is 21.0 Å². The van der Waals surface area contributed by atoms with Gasteiger partial charge < -0.3 is 14.0 Å². The number of ether oxygens (including phenoxy) is 2. The largest absolute Gasteiger partial charge is 0.482 e. The molecule has 154 valence electrons. The first-order valence-electron chi connectivity index (χ1n) is 9.22. The summed E-state index contributed by atoms with van der Waals surface area (Å²) in [6, 6.07) is 17.1. The second kappa shape index (κ2) is 9.18. The minimum absolute atomic E-state index is 0.222. The Kier molecular flexibility index (Phi) is 6.39. The summed E-state index contributed by atoms with van der Waals surface area (Å²) in [7, 11) is 1.65. The third-order valence-corrected chi connectivity index (χ3v) is 6.22. The van der Waals surface area contributed by atoms with Crippen LogP contribution in [0.4, 0.5) is 0 Å². The number of thiazole rings is 1. The normalized spacial score (nSPS) is 12.0. The Balaban J connectivity index is 1.69. The van der Waals surface area contributed by atoms with Crippen molar-refractivity contribution in [2.45, 2.75) is 6.54 Å². The molecule has 0 aliphatic heterocycles. The van der Waals surface area contributed by atoms with Crippen LogP contribution < -0.4 is 9.54 Å². The van der Waals surface area contributed by atoms with Gasteiger partial charge in [0.1, 0.15) is 5.75 Å². The van der Waals surface area contributed by atoms with Crippen molar-refractivity contribution in [2.24, 2.45) is 4.99 Å². The first kappa shape index (κ1) is 20.9. The van der Waals surface area contributed by atoms with Gasteiger partial charge in [-0.2, -0.15) is 4.99 Å². The van der Waals surface area contributed by atoms with E-state index in [9.17, 15) is 4.79 Å². The van der Waals surface area contributed by atoms with E-state index in [0.717, 1.165) is 21.0 Å². The standard InChI is InChI=1S/C22H18Cl2N2O3S/c1-28-11-10-26-18-8-6-14-4-2-3-5-16(14)21(18)30-22(26)25-20(27)13-29-19-9-7-15(23)12-17(19)24/h2-9,12H,10-11,13H2,1H3. The van der Waals surface area contributed by atoms with E-state index in [1.807, 2.05) is 16.7 Å². The summed E-state index contributed by atoms with van der Waals surface area (Å²) in [5, 5.41) is 3.12.